The average Bonchev–Trinajstić information content (AvgIpc) is 3.22. The summed E-state index contributed by atoms with van der Waals surface area (Å²) in [5, 5.41) is 9.22. The Morgan fingerprint density at radius 2 is 0.811 bits per heavy atom. The average molecular weight is 679 g/mol. The molecule has 0 saturated heterocycles. The van der Waals surface area contributed by atoms with Gasteiger partial charge in [0.25, 0.3) is 0 Å². The molecule has 0 spiro atoms. The zero-order valence-corrected chi connectivity index (χ0v) is 29.2. The van der Waals surface area contributed by atoms with Crippen LogP contribution in [0.2, 0.25) is 0 Å². The molecule has 53 heavy (non-hydrogen) atoms. The SMILES string of the molecule is Cc1cnc2c3cc(N(c4ccccc4)c4cccc5ccccc45)ccc3c3ccc(N(c4ccccc4)c4cccc5ccccc45)cc3c2n1. The monoisotopic (exact) mass is 678 g/mol. The first-order valence-corrected chi connectivity index (χ1v) is 18.0. The second-order valence-electron chi connectivity index (χ2n) is 13.5. The number of aryl methyl sites for hydroxylation is 1. The van der Waals surface area contributed by atoms with Gasteiger partial charge in [-0.3, -0.25) is 4.98 Å². The van der Waals surface area contributed by atoms with Gasteiger partial charge >= 0.3 is 0 Å². The van der Waals surface area contributed by atoms with Crippen molar-refractivity contribution in [3.63, 3.8) is 0 Å². The van der Waals surface area contributed by atoms with Crippen molar-refractivity contribution in [1.29, 1.82) is 0 Å². The summed E-state index contributed by atoms with van der Waals surface area (Å²) >= 11 is 0. The van der Waals surface area contributed by atoms with Crippen LogP contribution < -0.4 is 9.80 Å². The summed E-state index contributed by atoms with van der Waals surface area (Å²) in [6, 6.07) is 65.0. The van der Waals surface area contributed by atoms with Crippen molar-refractivity contribution in [2.75, 3.05) is 9.80 Å². The van der Waals surface area contributed by atoms with E-state index in [2.05, 4.69) is 192 Å². The van der Waals surface area contributed by atoms with Gasteiger partial charge in [0.2, 0.25) is 0 Å². The first-order chi connectivity index (χ1) is 26.2. The number of para-hydroxylation sites is 2. The summed E-state index contributed by atoms with van der Waals surface area (Å²) in [7, 11) is 0. The molecule has 4 heteroatoms. The van der Waals surface area contributed by atoms with Gasteiger partial charge < -0.3 is 9.80 Å². The van der Waals surface area contributed by atoms with Gasteiger partial charge in [-0.1, -0.05) is 121 Å². The number of aromatic nitrogens is 2. The largest absolute Gasteiger partial charge is 0.310 e. The molecule has 4 nitrogen and oxygen atoms in total. The van der Waals surface area contributed by atoms with Gasteiger partial charge in [-0.05, 0) is 89.1 Å². The van der Waals surface area contributed by atoms with Gasteiger partial charge in [-0.2, -0.15) is 0 Å². The predicted octanol–water partition coefficient (Wildman–Crippen LogP) is 13.5. The van der Waals surface area contributed by atoms with Gasteiger partial charge in [-0.25, -0.2) is 4.98 Å². The first-order valence-electron chi connectivity index (χ1n) is 18.0. The van der Waals surface area contributed by atoms with Crippen molar-refractivity contribution in [3.05, 3.63) is 194 Å². The van der Waals surface area contributed by atoms with Crippen molar-refractivity contribution in [3.8, 4) is 0 Å². The third-order valence-electron chi connectivity index (χ3n) is 10.3. The lowest BCUT2D eigenvalue weighted by Crippen LogP contribution is -2.11. The fourth-order valence-corrected chi connectivity index (χ4v) is 7.88. The van der Waals surface area contributed by atoms with E-state index in [0.29, 0.717) is 0 Å². The zero-order chi connectivity index (χ0) is 35.3. The molecule has 0 fully saturated rings. The van der Waals surface area contributed by atoms with Crippen LogP contribution in [0.15, 0.2) is 188 Å². The predicted molar refractivity (Wildman–Crippen MR) is 224 cm³/mol. The van der Waals surface area contributed by atoms with Gasteiger partial charge in [0.05, 0.1) is 28.1 Å². The van der Waals surface area contributed by atoms with Crippen molar-refractivity contribution in [2.24, 2.45) is 0 Å². The molecule has 0 amide bonds. The molecule has 0 atom stereocenters. The Kier molecular flexibility index (Phi) is 7.33. The number of benzene rings is 9. The van der Waals surface area contributed by atoms with Crippen LogP contribution in [0.3, 0.4) is 0 Å². The second-order valence-corrected chi connectivity index (χ2v) is 13.5. The van der Waals surface area contributed by atoms with Crippen LogP contribution in [0.4, 0.5) is 34.1 Å². The molecular formula is C49H34N4. The Labute approximate surface area is 307 Å². The van der Waals surface area contributed by atoms with Crippen LogP contribution in [0.1, 0.15) is 5.69 Å². The Balaban J connectivity index is 1.22. The fraction of sp³-hybridized carbons (Fsp3) is 0.0204. The Morgan fingerprint density at radius 3 is 1.34 bits per heavy atom. The minimum absolute atomic E-state index is 0.885. The lowest BCUT2D eigenvalue weighted by molar-refractivity contribution is 1.19. The molecule has 0 unspecified atom stereocenters. The summed E-state index contributed by atoms with van der Waals surface area (Å²) < 4.78 is 0. The quantitative estimate of drug-likeness (QED) is 0.164. The molecule has 10 aromatic rings. The molecule has 0 bridgehead atoms. The number of rotatable bonds is 6. The molecule has 1 aromatic heterocycles. The molecule has 0 aliphatic heterocycles. The maximum atomic E-state index is 5.19. The summed E-state index contributed by atoms with van der Waals surface area (Å²) in [4.78, 5) is 15.0. The topological polar surface area (TPSA) is 32.3 Å². The van der Waals surface area contributed by atoms with Crippen molar-refractivity contribution in [2.45, 2.75) is 6.92 Å². The Bertz CT molecular complexity index is 2960. The Hall–Kier alpha value is -7.04. The van der Waals surface area contributed by atoms with Crippen LogP contribution in [0.5, 0.6) is 0 Å². The molecule has 10 rings (SSSR count). The van der Waals surface area contributed by atoms with Gasteiger partial charge in [0.1, 0.15) is 0 Å². The number of fused-ring (bicyclic) bond motifs is 8. The molecule has 0 N–H and O–H groups in total. The van der Waals surface area contributed by atoms with E-state index >= 15 is 0 Å². The second kappa shape index (κ2) is 12.6. The third kappa shape index (κ3) is 5.23. The lowest BCUT2D eigenvalue weighted by Gasteiger charge is -2.28. The summed E-state index contributed by atoms with van der Waals surface area (Å²) in [5.74, 6) is 0. The molecular weight excluding hydrogens is 645 g/mol. The lowest BCUT2D eigenvalue weighted by atomic mass is 9.97. The zero-order valence-electron chi connectivity index (χ0n) is 29.2. The van der Waals surface area contributed by atoms with Crippen LogP contribution in [0.25, 0.3) is 54.1 Å². The maximum Gasteiger partial charge on any atom is 0.0975 e. The molecule has 0 radical (unpaired) electrons. The highest BCUT2D eigenvalue weighted by molar-refractivity contribution is 6.24. The van der Waals surface area contributed by atoms with Crippen LogP contribution in [-0.4, -0.2) is 9.97 Å². The van der Waals surface area contributed by atoms with Crippen molar-refractivity contribution >= 4 is 88.2 Å². The highest BCUT2D eigenvalue weighted by Crippen LogP contribution is 2.44. The smallest absolute Gasteiger partial charge is 0.0975 e. The summed E-state index contributed by atoms with van der Waals surface area (Å²) in [5.41, 5.74) is 9.23. The summed E-state index contributed by atoms with van der Waals surface area (Å²) in [6.07, 6.45) is 1.89. The highest BCUT2D eigenvalue weighted by atomic mass is 15.1. The van der Waals surface area contributed by atoms with E-state index in [9.17, 15) is 0 Å². The minimum Gasteiger partial charge on any atom is -0.310 e. The number of hydrogen-bond donors (Lipinski definition) is 0. The molecule has 9 aromatic carbocycles. The van der Waals surface area contributed by atoms with Crippen LogP contribution in [0, 0.1) is 6.92 Å². The number of anilines is 6. The first kappa shape index (κ1) is 30.8. The van der Waals surface area contributed by atoms with E-state index in [4.69, 9.17) is 9.97 Å². The van der Waals surface area contributed by atoms with Gasteiger partial charge in [0, 0.05) is 50.5 Å². The summed E-state index contributed by atoms with van der Waals surface area (Å²) in [6.45, 7) is 2.02. The van der Waals surface area contributed by atoms with E-state index < -0.39 is 0 Å². The standard InChI is InChI=1S/C49H34N4/c1-33-32-50-48-44-30-38(52(36-18-4-2-5-19-36)46-24-12-16-34-14-8-10-22-40(34)46)26-28-42(44)43-29-27-39(31-45(43)49(48)51-33)53(37-20-6-3-7-21-37)47-25-13-17-35-15-9-11-23-41(35)47/h2-32H,1H3. The minimum atomic E-state index is 0.885. The van der Waals surface area contributed by atoms with E-state index in [1.807, 2.05) is 13.1 Å². The third-order valence-corrected chi connectivity index (χ3v) is 10.3. The van der Waals surface area contributed by atoms with E-state index in [0.717, 1.165) is 72.4 Å². The van der Waals surface area contributed by atoms with Crippen LogP contribution >= 0.6 is 0 Å². The van der Waals surface area contributed by atoms with Gasteiger partial charge in [0.15, 0.2) is 0 Å². The molecule has 0 aliphatic rings. The van der Waals surface area contributed by atoms with Crippen LogP contribution in [-0.2, 0) is 0 Å². The molecule has 1 heterocycles. The molecule has 250 valence electrons. The number of nitrogens with zero attached hydrogens (tertiary/aromatic N) is 4. The normalized spacial score (nSPS) is 11.5. The number of hydrogen-bond acceptors (Lipinski definition) is 4. The van der Waals surface area contributed by atoms with Crippen molar-refractivity contribution in [1.82, 2.24) is 9.97 Å². The Morgan fingerprint density at radius 1 is 0.358 bits per heavy atom. The van der Waals surface area contributed by atoms with Gasteiger partial charge in [-0.15, -0.1) is 0 Å². The molecule has 0 saturated carbocycles. The highest BCUT2D eigenvalue weighted by Gasteiger charge is 2.20. The van der Waals surface area contributed by atoms with E-state index in [1.54, 1.807) is 0 Å². The van der Waals surface area contributed by atoms with E-state index in [-0.39, 0.29) is 0 Å². The fourth-order valence-electron chi connectivity index (χ4n) is 7.88. The maximum absolute atomic E-state index is 5.19. The molecule has 0 aliphatic carbocycles. The van der Waals surface area contributed by atoms with E-state index in [1.165, 1.54) is 21.5 Å². The van der Waals surface area contributed by atoms with Crippen molar-refractivity contribution < 1.29 is 0 Å².